The molecular weight excluding hydrogens is 221 g/mol. The number of nitrogens with one attached hydrogen (secondary N) is 1. The SMILES string of the molecule is CC(NC(=O)C(F)(F)F)c1ccc(N)cc1. The van der Waals surface area contributed by atoms with Crippen LogP contribution < -0.4 is 11.1 Å². The fourth-order valence-electron chi connectivity index (χ4n) is 1.15. The Morgan fingerprint density at radius 2 is 1.81 bits per heavy atom. The average molecular weight is 232 g/mol. The monoisotopic (exact) mass is 232 g/mol. The number of hydrogen-bond donors (Lipinski definition) is 2. The van der Waals surface area contributed by atoms with Crippen molar-refractivity contribution >= 4 is 11.6 Å². The molecule has 1 atom stereocenters. The molecule has 16 heavy (non-hydrogen) atoms. The van der Waals surface area contributed by atoms with E-state index in [9.17, 15) is 18.0 Å². The molecule has 0 saturated heterocycles. The van der Waals surface area contributed by atoms with Crippen molar-refractivity contribution in [3.8, 4) is 0 Å². The maximum absolute atomic E-state index is 12.0. The fourth-order valence-corrected chi connectivity index (χ4v) is 1.15. The summed E-state index contributed by atoms with van der Waals surface area (Å²) in [6, 6.07) is 5.54. The van der Waals surface area contributed by atoms with E-state index in [1.165, 1.54) is 6.92 Å². The summed E-state index contributed by atoms with van der Waals surface area (Å²) >= 11 is 0. The minimum Gasteiger partial charge on any atom is -0.399 e. The lowest BCUT2D eigenvalue weighted by Gasteiger charge is -2.15. The molecule has 0 aliphatic heterocycles. The van der Waals surface area contributed by atoms with E-state index in [2.05, 4.69) is 0 Å². The second-order valence-electron chi connectivity index (χ2n) is 3.36. The molecule has 3 nitrogen and oxygen atoms in total. The minimum absolute atomic E-state index is 0.512. The molecule has 1 aromatic rings. The summed E-state index contributed by atoms with van der Waals surface area (Å²) in [6.07, 6.45) is -4.86. The molecule has 1 aromatic carbocycles. The van der Waals surface area contributed by atoms with Crippen LogP contribution in [0.4, 0.5) is 18.9 Å². The van der Waals surface area contributed by atoms with Gasteiger partial charge in [-0.05, 0) is 24.6 Å². The predicted octanol–water partition coefficient (Wildman–Crippen LogP) is 2.01. The molecule has 1 unspecified atom stereocenters. The molecule has 88 valence electrons. The third-order valence-corrected chi connectivity index (χ3v) is 2.04. The molecule has 0 aliphatic carbocycles. The van der Waals surface area contributed by atoms with Crippen molar-refractivity contribution in [2.24, 2.45) is 0 Å². The van der Waals surface area contributed by atoms with Crippen molar-refractivity contribution in [3.05, 3.63) is 29.8 Å². The fraction of sp³-hybridized carbons (Fsp3) is 0.300. The third-order valence-electron chi connectivity index (χ3n) is 2.04. The summed E-state index contributed by atoms with van der Waals surface area (Å²) in [5, 5.41) is 1.85. The molecule has 0 aromatic heterocycles. The highest BCUT2D eigenvalue weighted by Gasteiger charge is 2.39. The zero-order chi connectivity index (χ0) is 12.3. The van der Waals surface area contributed by atoms with Crippen LogP contribution in [0.3, 0.4) is 0 Å². The number of nitrogens with two attached hydrogens (primary N) is 1. The number of hydrogen-bond acceptors (Lipinski definition) is 2. The van der Waals surface area contributed by atoms with Crippen LogP contribution in [0.15, 0.2) is 24.3 Å². The lowest BCUT2D eigenvalue weighted by molar-refractivity contribution is -0.174. The summed E-state index contributed by atoms with van der Waals surface area (Å²) in [7, 11) is 0. The van der Waals surface area contributed by atoms with Gasteiger partial charge in [0.2, 0.25) is 0 Å². The third kappa shape index (κ3) is 3.15. The van der Waals surface area contributed by atoms with Crippen LogP contribution >= 0.6 is 0 Å². The number of halogens is 3. The topological polar surface area (TPSA) is 55.1 Å². The largest absolute Gasteiger partial charge is 0.471 e. The Kier molecular flexibility index (Phi) is 3.41. The molecule has 0 fully saturated rings. The lowest BCUT2D eigenvalue weighted by atomic mass is 10.1. The molecule has 0 spiro atoms. The first-order valence-electron chi connectivity index (χ1n) is 4.54. The number of alkyl halides is 3. The molecule has 0 saturated carbocycles. The van der Waals surface area contributed by atoms with Crippen LogP contribution in [-0.2, 0) is 4.79 Å². The van der Waals surface area contributed by atoms with Crippen LogP contribution in [0.5, 0.6) is 0 Å². The molecule has 0 bridgehead atoms. The normalized spacial score (nSPS) is 13.2. The summed E-state index contributed by atoms with van der Waals surface area (Å²) in [4.78, 5) is 10.7. The molecule has 0 aliphatic rings. The van der Waals surface area contributed by atoms with E-state index in [0.717, 1.165) is 0 Å². The first-order chi connectivity index (χ1) is 7.30. The number of nitrogen functional groups attached to an aromatic ring is 1. The van der Waals surface area contributed by atoms with E-state index < -0.39 is 18.1 Å². The van der Waals surface area contributed by atoms with Crippen LogP contribution in [0.1, 0.15) is 18.5 Å². The summed E-state index contributed by atoms with van der Waals surface area (Å²) in [5.41, 5.74) is 6.50. The highest BCUT2D eigenvalue weighted by Crippen LogP contribution is 2.19. The van der Waals surface area contributed by atoms with Crippen molar-refractivity contribution in [2.45, 2.75) is 19.1 Å². The van der Waals surface area contributed by atoms with Crippen LogP contribution in [-0.4, -0.2) is 12.1 Å². The molecule has 1 amide bonds. The minimum atomic E-state index is -4.86. The summed E-state index contributed by atoms with van der Waals surface area (Å²) in [5.74, 6) is -1.95. The summed E-state index contributed by atoms with van der Waals surface area (Å²) in [6.45, 7) is 1.47. The van der Waals surface area contributed by atoms with Gasteiger partial charge in [0, 0.05) is 5.69 Å². The van der Waals surface area contributed by atoms with Gasteiger partial charge in [-0.3, -0.25) is 4.79 Å². The predicted molar refractivity (Wildman–Crippen MR) is 53.5 cm³/mol. The quantitative estimate of drug-likeness (QED) is 0.766. The number of carbonyl (C=O) groups excluding carboxylic acids is 1. The smallest absolute Gasteiger partial charge is 0.399 e. The lowest BCUT2D eigenvalue weighted by Crippen LogP contribution is -2.38. The Morgan fingerprint density at radius 1 is 1.31 bits per heavy atom. The van der Waals surface area contributed by atoms with Crippen LogP contribution in [0.2, 0.25) is 0 Å². The van der Waals surface area contributed by atoms with Gasteiger partial charge in [0.1, 0.15) is 0 Å². The zero-order valence-electron chi connectivity index (χ0n) is 8.51. The first-order valence-corrected chi connectivity index (χ1v) is 4.54. The van der Waals surface area contributed by atoms with Crippen molar-refractivity contribution in [2.75, 3.05) is 5.73 Å². The number of anilines is 1. The van der Waals surface area contributed by atoms with Gasteiger partial charge in [-0.25, -0.2) is 0 Å². The molecule has 6 heteroatoms. The van der Waals surface area contributed by atoms with E-state index in [1.54, 1.807) is 24.3 Å². The highest BCUT2D eigenvalue weighted by molar-refractivity contribution is 5.82. The molecule has 3 N–H and O–H groups in total. The van der Waals surface area contributed by atoms with Gasteiger partial charge in [-0.1, -0.05) is 12.1 Å². The highest BCUT2D eigenvalue weighted by atomic mass is 19.4. The maximum Gasteiger partial charge on any atom is 0.471 e. The average Bonchev–Trinajstić information content (AvgIpc) is 2.17. The van der Waals surface area contributed by atoms with E-state index in [0.29, 0.717) is 11.3 Å². The Balaban J connectivity index is 2.69. The zero-order valence-corrected chi connectivity index (χ0v) is 8.51. The van der Waals surface area contributed by atoms with Crippen LogP contribution in [0.25, 0.3) is 0 Å². The Morgan fingerprint density at radius 3 is 2.25 bits per heavy atom. The van der Waals surface area contributed by atoms with Crippen molar-refractivity contribution in [1.82, 2.24) is 5.32 Å². The van der Waals surface area contributed by atoms with Crippen molar-refractivity contribution in [1.29, 1.82) is 0 Å². The standard InChI is InChI=1S/C10H11F3N2O/c1-6(15-9(16)10(11,12)13)7-2-4-8(14)5-3-7/h2-6H,14H2,1H3,(H,15,16). The molecular formula is C10H11F3N2O. The van der Waals surface area contributed by atoms with E-state index in [1.807, 2.05) is 5.32 Å². The van der Waals surface area contributed by atoms with Crippen molar-refractivity contribution < 1.29 is 18.0 Å². The second kappa shape index (κ2) is 4.42. The van der Waals surface area contributed by atoms with Crippen molar-refractivity contribution in [3.63, 3.8) is 0 Å². The van der Waals surface area contributed by atoms with Gasteiger partial charge >= 0.3 is 12.1 Å². The maximum atomic E-state index is 12.0. The summed E-state index contributed by atoms with van der Waals surface area (Å²) < 4.78 is 35.9. The number of amides is 1. The van der Waals surface area contributed by atoms with E-state index in [-0.39, 0.29) is 0 Å². The van der Waals surface area contributed by atoms with E-state index in [4.69, 9.17) is 5.73 Å². The van der Waals surface area contributed by atoms with Gasteiger partial charge in [0.15, 0.2) is 0 Å². The Labute approximate surface area is 90.4 Å². The van der Waals surface area contributed by atoms with Gasteiger partial charge in [-0.2, -0.15) is 13.2 Å². The molecule has 0 heterocycles. The Bertz CT molecular complexity index is 373. The van der Waals surface area contributed by atoms with E-state index >= 15 is 0 Å². The van der Waals surface area contributed by atoms with Gasteiger partial charge < -0.3 is 11.1 Å². The second-order valence-corrected chi connectivity index (χ2v) is 3.36. The molecule has 0 radical (unpaired) electrons. The van der Waals surface area contributed by atoms with Gasteiger partial charge in [0.25, 0.3) is 0 Å². The number of rotatable bonds is 2. The number of carbonyl (C=O) groups is 1. The van der Waals surface area contributed by atoms with Gasteiger partial charge in [-0.15, -0.1) is 0 Å². The number of benzene rings is 1. The first kappa shape index (κ1) is 12.4. The van der Waals surface area contributed by atoms with Crippen LogP contribution in [0, 0.1) is 0 Å². The Hall–Kier alpha value is -1.72. The molecule has 1 rings (SSSR count). The van der Waals surface area contributed by atoms with Gasteiger partial charge in [0.05, 0.1) is 6.04 Å².